The lowest BCUT2D eigenvalue weighted by molar-refractivity contribution is 0.576. The summed E-state index contributed by atoms with van der Waals surface area (Å²) in [7, 11) is -3.50. The van der Waals surface area contributed by atoms with Gasteiger partial charge >= 0.3 is 0 Å². The van der Waals surface area contributed by atoms with Crippen LogP contribution in [0.25, 0.3) is 11.0 Å². The van der Waals surface area contributed by atoms with Crippen LogP contribution >= 0.6 is 0 Å². The van der Waals surface area contributed by atoms with Gasteiger partial charge in [0.1, 0.15) is 11.3 Å². The molecule has 0 amide bonds. The summed E-state index contributed by atoms with van der Waals surface area (Å²) in [5.41, 5.74) is 8.49. The number of hydrogen-bond donors (Lipinski definition) is 1. The largest absolute Gasteiger partial charge is 0.382 e. The van der Waals surface area contributed by atoms with Crippen molar-refractivity contribution in [3.05, 3.63) is 36.0 Å². The topological polar surface area (TPSA) is 117 Å². The van der Waals surface area contributed by atoms with Gasteiger partial charge in [-0.05, 0) is 25.0 Å². The van der Waals surface area contributed by atoms with Gasteiger partial charge in [-0.2, -0.15) is 0 Å². The molecule has 2 N–H and O–H groups in total. The highest BCUT2D eigenvalue weighted by Gasteiger charge is 2.19. The number of nitrogens with zero attached hydrogens (tertiary/aromatic N) is 5. The van der Waals surface area contributed by atoms with E-state index in [0.29, 0.717) is 24.3 Å². The van der Waals surface area contributed by atoms with E-state index in [9.17, 15) is 8.42 Å². The van der Waals surface area contributed by atoms with Gasteiger partial charge in [-0.25, -0.2) is 28.4 Å². The summed E-state index contributed by atoms with van der Waals surface area (Å²) in [6.07, 6.45) is 5.72. The highest BCUT2D eigenvalue weighted by molar-refractivity contribution is 7.91. The Hall–Kier alpha value is -2.55. The summed E-state index contributed by atoms with van der Waals surface area (Å²) in [4.78, 5) is 16.4. The molecule has 0 fully saturated rings. The number of aromatic nitrogens is 5. The van der Waals surface area contributed by atoms with Crippen LogP contribution in [0.3, 0.4) is 0 Å². The third-order valence-corrected chi connectivity index (χ3v) is 5.58. The molecule has 0 aliphatic heterocycles. The van der Waals surface area contributed by atoms with E-state index in [2.05, 4.69) is 19.9 Å². The molecule has 3 aromatic rings. The second-order valence-electron chi connectivity index (χ2n) is 5.76. The van der Waals surface area contributed by atoms with Gasteiger partial charge in [0.25, 0.3) is 0 Å². The third kappa shape index (κ3) is 3.32. The first-order valence-electron chi connectivity index (χ1n) is 8.04. The summed E-state index contributed by atoms with van der Waals surface area (Å²) >= 11 is 0. The van der Waals surface area contributed by atoms with Crippen LogP contribution in [0, 0.1) is 6.92 Å². The first kappa shape index (κ1) is 17.3. The van der Waals surface area contributed by atoms with Crippen molar-refractivity contribution in [2.75, 3.05) is 11.5 Å². The zero-order chi connectivity index (χ0) is 18.0. The molecule has 9 heteroatoms. The standard InChI is InChI=1S/C16H20N6O2S/c1-3-12-21-13-14(11(2)10-20-15(13)17)22(12)8-5-9-25(23,24)16-18-6-4-7-19-16/h4,6-7,10H,3,5,8-9H2,1-2H3,(H2,17,20). The number of nitrogens with two attached hydrogens (primary N) is 1. The number of pyridine rings is 1. The van der Waals surface area contributed by atoms with Gasteiger partial charge in [-0.15, -0.1) is 0 Å². The lowest BCUT2D eigenvalue weighted by atomic mass is 10.2. The molecule has 3 aromatic heterocycles. The maximum Gasteiger partial charge on any atom is 0.246 e. The van der Waals surface area contributed by atoms with E-state index in [1.165, 1.54) is 12.4 Å². The molecule has 0 atom stereocenters. The van der Waals surface area contributed by atoms with Crippen LogP contribution in [0.5, 0.6) is 0 Å². The summed E-state index contributed by atoms with van der Waals surface area (Å²) in [6.45, 7) is 4.47. The Kier molecular flexibility index (Phi) is 4.67. The van der Waals surface area contributed by atoms with E-state index < -0.39 is 9.84 Å². The molecule has 0 radical (unpaired) electrons. The molecule has 0 saturated carbocycles. The monoisotopic (exact) mass is 360 g/mol. The Morgan fingerprint density at radius 1 is 1.20 bits per heavy atom. The molecule has 0 spiro atoms. The molecule has 132 valence electrons. The Balaban J connectivity index is 1.85. The predicted octanol–water partition coefficient (Wildman–Crippen LogP) is 1.54. The summed E-state index contributed by atoms with van der Waals surface area (Å²) in [6, 6.07) is 1.59. The fourth-order valence-electron chi connectivity index (χ4n) is 2.83. The van der Waals surface area contributed by atoms with Crippen molar-refractivity contribution in [2.24, 2.45) is 0 Å². The normalized spacial score (nSPS) is 11.9. The Morgan fingerprint density at radius 2 is 1.92 bits per heavy atom. The highest BCUT2D eigenvalue weighted by atomic mass is 32.2. The van der Waals surface area contributed by atoms with E-state index >= 15 is 0 Å². The van der Waals surface area contributed by atoms with Crippen molar-refractivity contribution in [1.29, 1.82) is 0 Å². The summed E-state index contributed by atoms with van der Waals surface area (Å²) < 4.78 is 26.7. The molecule has 0 aromatic carbocycles. The van der Waals surface area contributed by atoms with Crippen LogP contribution < -0.4 is 5.73 Å². The fourth-order valence-corrected chi connectivity index (χ4v) is 3.96. The Bertz CT molecular complexity index is 998. The quantitative estimate of drug-likeness (QED) is 0.663. The second kappa shape index (κ2) is 6.75. The predicted molar refractivity (Wildman–Crippen MR) is 94.8 cm³/mol. The third-order valence-electron chi connectivity index (χ3n) is 3.99. The number of aryl methyl sites for hydroxylation is 3. The Morgan fingerprint density at radius 3 is 2.60 bits per heavy atom. The summed E-state index contributed by atoms with van der Waals surface area (Å²) in [5, 5.41) is -0.133. The number of nitrogen functional groups attached to an aromatic ring is 1. The van der Waals surface area contributed by atoms with Crippen LogP contribution in [0.4, 0.5) is 5.82 Å². The van der Waals surface area contributed by atoms with E-state index in [4.69, 9.17) is 5.73 Å². The zero-order valence-corrected chi connectivity index (χ0v) is 15.0. The number of rotatable bonds is 6. The molecular weight excluding hydrogens is 340 g/mol. The number of imidazole rings is 1. The van der Waals surface area contributed by atoms with Crippen LogP contribution in [0.15, 0.2) is 29.8 Å². The van der Waals surface area contributed by atoms with Gasteiger partial charge < -0.3 is 10.3 Å². The minimum Gasteiger partial charge on any atom is -0.382 e. The molecule has 0 bridgehead atoms. The van der Waals surface area contributed by atoms with Crippen molar-refractivity contribution < 1.29 is 8.42 Å². The average molecular weight is 360 g/mol. The molecule has 3 heterocycles. The second-order valence-corrected chi connectivity index (χ2v) is 7.76. The molecule has 0 unspecified atom stereocenters. The Labute approximate surface area is 146 Å². The van der Waals surface area contributed by atoms with E-state index in [1.807, 2.05) is 18.4 Å². The van der Waals surface area contributed by atoms with Crippen LogP contribution in [-0.2, 0) is 22.8 Å². The van der Waals surface area contributed by atoms with E-state index in [-0.39, 0.29) is 10.9 Å². The van der Waals surface area contributed by atoms with Crippen molar-refractivity contribution in [3.8, 4) is 0 Å². The molecule has 8 nitrogen and oxygen atoms in total. The number of fused-ring (bicyclic) bond motifs is 1. The molecule has 0 saturated heterocycles. The van der Waals surface area contributed by atoms with Crippen molar-refractivity contribution in [2.45, 2.75) is 38.4 Å². The number of hydrogen-bond acceptors (Lipinski definition) is 7. The average Bonchev–Trinajstić information content (AvgIpc) is 2.99. The molecule has 0 aliphatic carbocycles. The van der Waals surface area contributed by atoms with Crippen molar-refractivity contribution in [1.82, 2.24) is 24.5 Å². The number of anilines is 1. The maximum atomic E-state index is 12.3. The van der Waals surface area contributed by atoms with Crippen LogP contribution in [0.1, 0.15) is 24.7 Å². The van der Waals surface area contributed by atoms with Gasteiger partial charge in [-0.1, -0.05) is 6.92 Å². The van der Waals surface area contributed by atoms with Crippen molar-refractivity contribution >= 4 is 26.7 Å². The van der Waals surface area contributed by atoms with Gasteiger partial charge in [0.2, 0.25) is 15.0 Å². The summed E-state index contributed by atoms with van der Waals surface area (Å²) in [5.74, 6) is 1.23. The van der Waals surface area contributed by atoms with Gasteiger partial charge in [-0.3, -0.25) is 0 Å². The molecule has 0 aliphatic rings. The minimum atomic E-state index is -3.50. The van der Waals surface area contributed by atoms with Crippen LogP contribution in [-0.4, -0.2) is 38.7 Å². The highest BCUT2D eigenvalue weighted by Crippen LogP contribution is 2.24. The smallest absolute Gasteiger partial charge is 0.246 e. The van der Waals surface area contributed by atoms with Crippen LogP contribution in [0.2, 0.25) is 0 Å². The van der Waals surface area contributed by atoms with E-state index in [1.54, 1.807) is 12.3 Å². The number of sulfone groups is 1. The van der Waals surface area contributed by atoms with Gasteiger partial charge in [0, 0.05) is 31.6 Å². The molecule has 25 heavy (non-hydrogen) atoms. The lowest BCUT2D eigenvalue weighted by Crippen LogP contribution is -2.13. The first-order chi connectivity index (χ1) is 11.9. The first-order valence-corrected chi connectivity index (χ1v) is 9.69. The minimum absolute atomic E-state index is 0.0283. The fraction of sp³-hybridized carbons (Fsp3) is 0.375. The molecule has 3 rings (SSSR count). The zero-order valence-electron chi connectivity index (χ0n) is 14.2. The van der Waals surface area contributed by atoms with Crippen molar-refractivity contribution in [3.63, 3.8) is 0 Å². The molecular formula is C16H20N6O2S. The lowest BCUT2D eigenvalue weighted by Gasteiger charge is -2.10. The van der Waals surface area contributed by atoms with E-state index in [0.717, 1.165) is 23.3 Å². The van der Waals surface area contributed by atoms with Gasteiger partial charge in [0.05, 0.1) is 11.3 Å². The maximum absolute atomic E-state index is 12.3. The SMILES string of the molecule is CCc1nc2c(N)ncc(C)c2n1CCCS(=O)(=O)c1ncccn1. The van der Waals surface area contributed by atoms with Gasteiger partial charge in [0.15, 0.2) is 5.82 Å².